The summed E-state index contributed by atoms with van der Waals surface area (Å²) in [6.45, 7) is 2.53. The van der Waals surface area contributed by atoms with Crippen molar-refractivity contribution in [1.29, 1.82) is 0 Å². The second-order valence-electron chi connectivity index (χ2n) is 7.45. The summed E-state index contributed by atoms with van der Waals surface area (Å²) in [5, 5.41) is 9.98. The van der Waals surface area contributed by atoms with Crippen LogP contribution in [0.4, 0.5) is 10.1 Å². The number of nitrogens with one attached hydrogen (secondary N) is 1. The quantitative estimate of drug-likeness (QED) is 0.833. The maximum Gasteiger partial charge on any atom is 0.276 e. The van der Waals surface area contributed by atoms with Gasteiger partial charge in [-0.25, -0.2) is 4.39 Å². The molecule has 8 nitrogen and oxygen atoms in total. The molecule has 1 aromatic carbocycles. The number of halogens is 1. The van der Waals surface area contributed by atoms with E-state index < -0.39 is 0 Å². The number of hydrogen-bond acceptors (Lipinski definition) is 5. The first-order chi connectivity index (χ1) is 13.5. The van der Waals surface area contributed by atoms with Gasteiger partial charge < -0.3 is 9.80 Å². The first-order valence-corrected chi connectivity index (χ1v) is 9.46. The van der Waals surface area contributed by atoms with Crippen molar-refractivity contribution in [3.05, 3.63) is 42.0 Å². The van der Waals surface area contributed by atoms with Crippen LogP contribution in [0.5, 0.6) is 0 Å². The molecule has 3 heterocycles. The third-order valence-electron chi connectivity index (χ3n) is 5.61. The minimum absolute atomic E-state index is 0.0684. The molecule has 1 aromatic heterocycles. The highest BCUT2D eigenvalue weighted by atomic mass is 19.1. The number of rotatable bonds is 5. The van der Waals surface area contributed by atoms with Gasteiger partial charge in [-0.1, -0.05) is 12.1 Å². The number of H-pyrrole nitrogens is 1. The largest absolute Gasteiger partial charge is 0.337 e. The van der Waals surface area contributed by atoms with Gasteiger partial charge in [-0.2, -0.15) is 15.4 Å². The second kappa shape index (κ2) is 7.67. The number of para-hydroxylation sites is 1. The molecule has 2 atom stereocenters. The van der Waals surface area contributed by atoms with Crippen LogP contribution in [0.1, 0.15) is 23.3 Å². The normalized spacial score (nSPS) is 22.5. The summed E-state index contributed by atoms with van der Waals surface area (Å²) in [7, 11) is 1.93. The maximum atomic E-state index is 14.0. The zero-order valence-electron chi connectivity index (χ0n) is 15.7. The number of carbonyl (C=O) groups is 2. The Morgan fingerprint density at radius 3 is 2.89 bits per heavy atom. The third kappa shape index (κ3) is 3.49. The van der Waals surface area contributed by atoms with Crippen molar-refractivity contribution in [3.63, 3.8) is 0 Å². The molecule has 2 aliphatic rings. The van der Waals surface area contributed by atoms with Gasteiger partial charge in [0, 0.05) is 26.2 Å². The van der Waals surface area contributed by atoms with E-state index in [0.717, 1.165) is 6.42 Å². The zero-order chi connectivity index (χ0) is 19.7. The maximum absolute atomic E-state index is 14.0. The highest BCUT2D eigenvalue weighted by molar-refractivity contribution is 5.99. The van der Waals surface area contributed by atoms with Crippen molar-refractivity contribution in [3.8, 4) is 0 Å². The first kappa shape index (κ1) is 18.5. The minimum atomic E-state index is -0.378. The molecule has 0 aliphatic carbocycles. The van der Waals surface area contributed by atoms with E-state index in [1.165, 1.54) is 17.2 Å². The van der Waals surface area contributed by atoms with Crippen LogP contribution < -0.4 is 4.90 Å². The van der Waals surface area contributed by atoms with Gasteiger partial charge in [0.05, 0.1) is 17.9 Å². The predicted octanol–water partition coefficient (Wildman–Crippen LogP) is 1.14. The fourth-order valence-corrected chi connectivity index (χ4v) is 4.15. The lowest BCUT2D eigenvalue weighted by Crippen LogP contribution is -2.42. The summed E-state index contributed by atoms with van der Waals surface area (Å²) in [5.41, 5.74) is 0.661. The van der Waals surface area contributed by atoms with Gasteiger partial charge in [0.25, 0.3) is 5.91 Å². The van der Waals surface area contributed by atoms with Gasteiger partial charge in [0.15, 0.2) is 5.69 Å². The number of likely N-dealkylation sites (tertiary alicyclic amines) is 1. The average Bonchev–Trinajstić information content (AvgIpc) is 3.43. The van der Waals surface area contributed by atoms with E-state index in [4.69, 9.17) is 0 Å². The topological polar surface area (TPSA) is 85.4 Å². The van der Waals surface area contributed by atoms with E-state index in [1.54, 1.807) is 23.1 Å². The monoisotopic (exact) mass is 386 g/mol. The molecule has 148 valence electrons. The molecule has 2 amide bonds. The summed E-state index contributed by atoms with van der Waals surface area (Å²) in [6.07, 6.45) is 2.97. The smallest absolute Gasteiger partial charge is 0.276 e. The molecule has 0 spiro atoms. The van der Waals surface area contributed by atoms with E-state index in [1.807, 2.05) is 11.9 Å². The van der Waals surface area contributed by atoms with Crippen molar-refractivity contribution < 1.29 is 14.0 Å². The molecule has 2 aromatic rings. The Morgan fingerprint density at radius 1 is 1.32 bits per heavy atom. The Balaban J connectivity index is 1.34. The van der Waals surface area contributed by atoms with Gasteiger partial charge in [0.2, 0.25) is 5.91 Å². The van der Waals surface area contributed by atoms with Crippen LogP contribution >= 0.6 is 0 Å². The van der Waals surface area contributed by atoms with Crippen LogP contribution in [-0.4, -0.2) is 76.3 Å². The molecule has 0 radical (unpaired) electrons. The number of amides is 2. The molecule has 1 N–H and O–H groups in total. The molecule has 0 saturated carbocycles. The third-order valence-corrected chi connectivity index (χ3v) is 5.61. The Kier molecular flexibility index (Phi) is 5.08. The summed E-state index contributed by atoms with van der Waals surface area (Å²) >= 11 is 0. The molecule has 0 bridgehead atoms. The average molecular weight is 386 g/mol. The molecule has 2 aliphatic heterocycles. The number of aromatic amines is 1. The van der Waals surface area contributed by atoms with Crippen LogP contribution in [0.25, 0.3) is 0 Å². The lowest BCUT2D eigenvalue weighted by molar-refractivity contribution is -0.121. The predicted molar refractivity (Wildman–Crippen MR) is 100 cm³/mol. The fourth-order valence-electron chi connectivity index (χ4n) is 4.15. The Morgan fingerprint density at radius 2 is 2.14 bits per heavy atom. The van der Waals surface area contributed by atoms with E-state index in [0.29, 0.717) is 44.0 Å². The van der Waals surface area contributed by atoms with E-state index in [2.05, 4.69) is 15.4 Å². The summed E-state index contributed by atoms with van der Waals surface area (Å²) < 4.78 is 14.0. The van der Waals surface area contributed by atoms with Crippen LogP contribution in [-0.2, 0) is 4.79 Å². The SMILES string of the molecule is CN(CC1CCN(C(=O)c2cn[nH]n2)C1)C1CCN(c2ccccc2F)C1=O. The van der Waals surface area contributed by atoms with Gasteiger partial charge in [-0.05, 0) is 37.9 Å². The number of aromatic nitrogens is 3. The van der Waals surface area contributed by atoms with Crippen molar-refractivity contribution in [1.82, 2.24) is 25.2 Å². The summed E-state index contributed by atoms with van der Waals surface area (Å²) in [6, 6.07) is 6.11. The van der Waals surface area contributed by atoms with Crippen molar-refractivity contribution >= 4 is 17.5 Å². The Bertz CT molecular complexity index is 858. The van der Waals surface area contributed by atoms with Crippen molar-refractivity contribution in [2.24, 2.45) is 5.92 Å². The Hall–Kier alpha value is -2.81. The van der Waals surface area contributed by atoms with Gasteiger partial charge in [-0.3, -0.25) is 14.5 Å². The van der Waals surface area contributed by atoms with Gasteiger partial charge in [-0.15, -0.1) is 0 Å². The number of anilines is 1. The standard InChI is InChI=1S/C19H23FN6O2/c1-24(11-13-6-8-25(12-13)18(27)15-10-21-23-22-15)17-7-9-26(19(17)28)16-5-3-2-4-14(16)20/h2-5,10,13,17H,6-9,11-12H2,1H3,(H,21,22,23). The molecule has 28 heavy (non-hydrogen) atoms. The highest BCUT2D eigenvalue weighted by Gasteiger charge is 2.38. The van der Waals surface area contributed by atoms with Crippen molar-refractivity contribution in [2.75, 3.05) is 38.1 Å². The minimum Gasteiger partial charge on any atom is -0.337 e. The number of benzene rings is 1. The fraction of sp³-hybridized carbons (Fsp3) is 0.474. The van der Waals surface area contributed by atoms with Crippen LogP contribution in [0, 0.1) is 11.7 Å². The highest BCUT2D eigenvalue weighted by Crippen LogP contribution is 2.27. The van der Waals surface area contributed by atoms with E-state index in [-0.39, 0.29) is 29.6 Å². The number of carbonyl (C=O) groups excluding carboxylic acids is 2. The molecule has 2 unspecified atom stereocenters. The molecular weight excluding hydrogens is 363 g/mol. The van der Waals surface area contributed by atoms with Crippen LogP contribution in [0.2, 0.25) is 0 Å². The van der Waals surface area contributed by atoms with Gasteiger partial charge >= 0.3 is 0 Å². The summed E-state index contributed by atoms with van der Waals surface area (Å²) in [5.74, 6) is -0.282. The number of nitrogens with zero attached hydrogens (tertiary/aromatic N) is 5. The van der Waals surface area contributed by atoms with Crippen molar-refractivity contribution in [2.45, 2.75) is 18.9 Å². The summed E-state index contributed by atoms with van der Waals surface area (Å²) in [4.78, 5) is 30.6. The van der Waals surface area contributed by atoms with Crippen LogP contribution in [0.15, 0.2) is 30.5 Å². The van der Waals surface area contributed by atoms with Crippen LogP contribution in [0.3, 0.4) is 0 Å². The first-order valence-electron chi connectivity index (χ1n) is 9.46. The second-order valence-corrected chi connectivity index (χ2v) is 7.45. The molecular formula is C19H23FN6O2. The van der Waals surface area contributed by atoms with E-state index >= 15 is 0 Å². The molecule has 2 fully saturated rings. The lowest BCUT2D eigenvalue weighted by atomic mass is 10.1. The molecule has 4 rings (SSSR count). The van der Waals surface area contributed by atoms with E-state index in [9.17, 15) is 14.0 Å². The Labute approximate surface area is 162 Å². The molecule has 9 heteroatoms. The lowest BCUT2D eigenvalue weighted by Gasteiger charge is -2.26. The molecule has 2 saturated heterocycles. The zero-order valence-corrected chi connectivity index (χ0v) is 15.7. The van der Waals surface area contributed by atoms with Gasteiger partial charge in [0.1, 0.15) is 5.82 Å². The number of likely N-dealkylation sites (N-methyl/N-ethyl adjacent to an activating group) is 1. The number of hydrogen-bond donors (Lipinski definition) is 1.